The van der Waals surface area contributed by atoms with Crippen molar-refractivity contribution >= 4 is 40.9 Å². The molecule has 1 unspecified atom stereocenters. The Bertz CT molecular complexity index is 2480. The van der Waals surface area contributed by atoms with Crippen molar-refractivity contribution in [2.24, 2.45) is 16.7 Å². The van der Waals surface area contributed by atoms with Crippen LogP contribution in [0, 0.1) is 47.9 Å². The summed E-state index contributed by atoms with van der Waals surface area (Å²) in [5.74, 6) is 5.01. The molecular formula is C47H47FN6O6. The van der Waals surface area contributed by atoms with E-state index in [-0.39, 0.29) is 48.1 Å². The molecule has 1 atom stereocenters. The zero-order valence-electron chi connectivity index (χ0n) is 34.4. The first kappa shape index (κ1) is 39.4. The van der Waals surface area contributed by atoms with E-state index in [1.165, 1.54) is 6.07 Å². The Morgan fingerprint density at radius 1 is 0.867 bits per heavy atom. The predicted octanol–water partition coefficient (Wildman–Crippen LogP) is 5.88. The lowest BCUT2D eigenvalue weighted by Gasteiger charge is -2.65. The number of likely N-dealkylation sites (tertiary alicyclic amines) is 1. The number of fused-ring (bicyclic) bond motifs is 2. The summed E-state index contributed by atoms with van der Waals surface area (Å²) < 4.78 is 21.2. The lowest BCUT2D eigenvalue weighted by molar-refractivity contribution is -0.199. The highest BCUT2D eigenvalue weighted by Crippen LogP contribution is 2.59. The Labute approximate surface area is 348 Å². The molecule has 0 bridgehead atoms. The second-order valence-corrected chi connectivity index (χ2v) is 18.3. The van der Waals surface area contributed by atoms with Crippen LogP contribution in [-0.2, 0) is 16.1 Å². The van der Waals surface area contributed by atoms with E-state index >= 15 is 0 Å². The Balaban J connectivity index is 0.780. The molecule has 9 rings (SSSR count). The van der Waals surface area contributed by atoms with Crippen molar-refractivity contribution in [3.63, 3.8) is 0 Å². The molecule has 5 aliphatic heterocycles. The molecule has 13 heteroatoms. The second kappa shape index (κ2) is 14.3. The maximum atomic E-state index is 14.8. The van der Waals surface area contributed by atoms with Gasteiger partial charge in [0.15, 0.2) is 0 Å². The van der Waals surface area contributed by atoms with Crippen molar-refractivity contribution in [1.29, 1.82) is 0 Å². The Kier molecular flexibility index (Phi) is 9.40. The average molecular weight is 811 g/mol. The standard InChI is InChI=1S/C47H47FN6O6/c1-26-37(15-13-35(49-6)39(26)48)60-45-46(2,3)44(47(45,4)5)53-23-29-21-28(9-11-32(29)41(53)57)8-7-27-17-19-51(20-18-27)31-24-52(25-31)30-10-12-33-34(22-30)43(59)54(42(33)58)36-14-16-38(55)50-40(36)56/h9-13,15,21-22,27,31,36,44-45H,14,16-20,23-25H2,1-5H3,(H,50,55,56). The summed E-state index contributed by atoms with van der Waals surface area (Å²) in [5, 5.41) is 2.24. The van der Waals surface area contributed by atoms with E-state index in [0.29, 0.717) is 35.0 Å². The van der Waals surface area contributed by atoms with Crippen LogP contribution in [0.2, 0.25) is 0 Å². The quantitative estimate of drug-likeness (QED) is 0.186. The van der Waals surface area contributed by atoms with Crippen LogP contribution in [0.15, 0.2) is 48.5 Å². The Hall–Kier alpha value is -6.05. The second-order valence-electron chi connectivity index (χ2n) is 18.3. The number of piperidine rings is 2. The minimum atomic E-state index is -0.984. The molecule has 1 aliphatic carbocycles. The summed E-state index contributed by atoms with van der Waals surface area (Å²) in [6, 6.07) is 13.5. The number of halogens is 1. The molecule has 3 aromatic carbocycles. The minimum absolute atomic E-state index is 0.00383. The van der Waals surface area contributed by atoms with Gasteiger partial charge in [0.25, 0.3) is 17.7 Å². The van der Waals surface area contributed by atoms with Gasteiger partial charge in [-0.2, -0.15) is 0 Å². The SMILES string of the molecule is [C-]#[N+]c1ccc(OC2C(C)(C)C(N3Cc4cc(C#CC5CCN(C6CN(c7ccc8c(c7)C(=O)N(C7CCC(=O)NC7=O)C8=O)C6)CC5)ccc4C3=O)C2(C)C)c(C)c1F. The number of nitrogens with one attached hydrogen (secondary N) is 1. The van der Waals surface area contributed by atoms with E-state index in [1.54, 1.807) is 25.1 Å². The van der Waals surface area contributed by atoms with Crippen LogP contribution < -0.4 is 15.0 Å². The van der Waals surface area contributed by atoms with E-state index < -0.39 is 46.3 Å². The van der Waals surface area contributed by atoms with E-state index in [2.05, 4.69) is 59.5 Å². The lowest BCUT2D eigenvalue weighted by atomic mass is 9.49. The van der Waals surface area contributed by atoms with E-state index in [9.17, 15) is 28.4 Å². The maximum absolute atomic E-state index is 14.8. The first-order valence-electron chi connectivity index (χ1n) is 20.7. The molecule has 308 valence electrons. The molecule has 1 N–H and O–H groups in total. The third-order valence-corrected chi connectivity index (χ3v) is 13.8. The molecule has 12 nitrogen and oxygen atoms in total. The van der Waals surface area contributed by atoms with Crippen LogP contribution in [0.5, 0.6) is 5.75 Å². The number of benzene rings is 3. The number of hydrogen-bond acceptors (Lipinski definition) is 8. The van der Waals surface area contributed by atoms with Gasteiger partial charge in [-0.25, -0.2) is 9.24 Å². The van der Waals surface area contributed by atoms with Crippen molar-refractivity contribution in [3.05, 3.63) is 99.1 Å². The normalized spacial score (nSPS) is 24.9. The number of anilines is 1. The topological polar surface area (TPSA) is 124 Å². The third kappa shape index (κ3) is 6.25. The van der Waals surface area contributed by atoms with Crippen LogP contribution in [0.25, 0.3) is 4.85 Å². The molecule has 5 amide bonds. The number of rotatable bonds is 6. The van der Waals surface area contributed by atoms with Gasteiger partial charge >= 0.3 is 0 Å². The van der Waals surface area contributed by atoms with Crippen LogP contribution in [0.1, 0.15) is 101 Å². The van der Waals surface area contributed by atoms with Gasteiger partial charge in [0, 0.05) is 77.3 Å². The van der Waals surface area contributed by atoms with Crippen molar-refractivity contribution in [1.82, 2.24) is 20.0 Å². The average Bonchev–Trinajstić information content (AvgIpc) is 3.64. The smallest absolute Gasteiger partial charge is 0.262 e. The van der Waals surface area contributed by atoms with Gasteiger partial charge in [-0.15, -0.1) is 0 Å². The van der Waals surface area contributed by atoms with E-state index in [0.717, 1.165) is 60.7 Å². The van der Waals surface area contributed by atoms with E-state index in [4.69, 9.17) is 11.3 Å². The largest absolute Gasteiger partial charge is 0.489 e. The first-order valence-corrected chi connectivity index (χ1v) is 20.7. The number of ether oxygens (including phenoxy) is 1. The third-order valence-electron chi connectivity index (χ3n) is 13.8. The number of amides is 5. The molecule has 4 fully saturated rings. The fourth-order valence-electron chi connectivity index (χ4n) is 11.0. The molecule has 0 aromatic heterocycles. The minimum Gasteiger partial charge on any atom is -0.489 e. The molecule has 0 radical (unpaired) electrons. The molecule has 3 aromatic rings. The highest BCUT2D eigenvalue weighted by Gasteiger charge is 2.67. The molecule has 3 saturated heterocycles. The summed E-state index contributed by atoms with van der Waals surface area (Å²) in [5.41, 5.74) is 3.42. The zero-order chi connectivity index (χ0) is 42.4. The molecule has 0 spiro atoms. The number of nitrogens with zero attached hydrogens (tertiary/aromatic N) is 5. The van der Waals surface area contributed by atoms with Crippen molar-refractivity contribution < 1.29 is 33.1 Å². The molecular weight excluding hydrogens is 764 g/mol. The molecule has 60 heavy (non-hydrogen) atoms. The maximum Gasteiger partial charge on any atom is 0.262 e. The van der Waals surface area contributed by atoms with Crippen LogP contribution in [0.4, 0.5) is 15.8 Å². The van der Waals surface area contributed by atoms with Crippen molar-refractivity contribution in [2.75, 3.05) is 31.1 Å². The van der Waals surface area contributed by atoms with Gasteiger partial charge in [0.05, 0.1) is 17.7 Å². The summed E-state index contributed by atoms with van der Waals surface area (Å²) in [6.45, 7) is 21.2. The summed E-state index contributed by atoms with van der Waals surface area (Å²) in [7, 11) is 0. The Morgan fingerprint density at radius 2 is 1.57 bits per heavy atom. The summed E-state index contributed by atoms with van der Waals surface area (Å²) >= 11 is 0. The van der Waals surface area contributed by atoms with Crippen molar-refractivity contribution in [3.8, 4) is 17.6 Å². The van der Waals surface area contributed by atoms with Gasteiger partial charge in [-0.1, -0.05) is 39.5 Å². The number of carbonyl (C=O) groups excluding carboxylic acids is 5. The predicted molar refractivity (Wildman–Crippen MR) is 220 cm³/mol. The van der Waals surface area contributed by atoms with Crippen LogP contribution in [-0.4, -0.2) is 94.6 Å². The van der Waals surface area contributed by atoms with Gasteiger partial charge in [0.1, 0.15) is 23.7 Å². The summed E-state index contributed by atoms with van der Waals surface area (Å²) in [4.78, 5) is 75.2. The van der Waals surface area contributed by atoms with Crippen LogP contribution >= 0.6 is 0 Å². The van der Waals surface area contributed by atoms with Gasteiger partial charge in [-0.05, 0) is 93.4 Å². The summed E-state index contributed by atoms with van der Waals surface area (Å²) in [6.07, 6.45) is 1.83. The zero-order valence-corrected chi connectivity index (χ0v) is 34.4. The van der Waals surface area contributed by atoms with Gasteiger partial charge in [0.2, 0.25) is 17.5 Å². The molecule has 6 aliphatic rings. The fourth-order valence-corrected chi connectivity index (χ4v) is 11.0. The molecule has 5 heterocycles. The highest BCUT2D eigenvalue weighted by atomic mass is 19.1. The number of carbonyl (C=O) groups is 5. The fraction of sp³-hybridized carbons (Fsp3) is 0.447. The van der Waals surface area contributed by atoms with Crippen LogP contribution in [0.3, 0.4) is 0 Å². The lowest BCUT2D eigenvalue weighted by Crippen LogP contribution is -2.74. The van der Waals surface area contributed by atoms with Gasteiger partial charge in [-0.3, -0.25) is 39.1 Å². The number of imide groups is 2. The van der Waals surface area contributed by atoms with E-state index in [1.807, 2.05) is 29.2 Å². The monoisotopic (exact) mass is 810 g/mol. The van der Waals surface area contributed by atoms with Gasteiger partial charge < -0.3 is 14.5 Å². The van der Waals surface area contributed by atoms with Crippen molar-refractivity contribution in [2.45, 2.75) is 91.1 Å². The highest BCUT2D eigenvalue weighted by molar-refractivity contribution is 6.23. The first-order chi connectivity index (χ1) is 28.6. The Morgan fingerprint density at radius 3 is 2.27 bits per heavy atom. The molecule has 1 saturated carbocycles. The number of hydrogen-bond donors (Lipinski definition) is 1.